The number of hydrogen-bond donors (Lipinski definition) is 1. The number of sulfonamides is 1. The maximum Gasteiger partial charge on any atom is 0.257 e. The van der Waals surface area contributed by atoms with Crippen LogP contribution in [0.1, 0.15) is 41.0 Å². The van der Waals surface area contributed by atoms with Gasteiger partial charge in [0, 0.05) is 18.7 Å². The van der Waals surface area contributed by atoms with Crippen LogP contribution in [-0.4, -0.2) is 41.7 Å². The predicted molar refractivity (Wildman–Crippen MR) is 129 cm³/mol. The molecule has 1 amide bonds. The van der Waals surface area contributed by atoms with Crippen molar-refractivity contribution in [2.75, 3.05) is 18.4 Å². The van der Waals surface area contributed by atoms with Gasteiger partial charge in [0.15, 0.2) is 5.13 Å². The van der Waals surface area contributed by atoms with Crippen LogP contribution in [0.15, 0.2) is 41.3 Å². The summed E-state index contributed by atoms with van der Waals surface area (Å²) >= 11 is 3.02. The van der Waals surface area contributed by atoms with Crippen LogP contribution in [0.25, 0.3) is 20.4 Å². The standard InChI is InChI=1S/C22H22N4O3S3/c1-14-23-19-18(30-14)11-10-17-20(19)31-22(24-17)25-21(27)15-6-8-16(9-7-15)32(28,29)26-12-4-2-3-5-13-26/h6-11H,2-5,12-13H2,1H3,(H,24,25,27). The van der Waals surface area contributed by atoms with Crippen molar-refractivity contribution in [3.63, 3.8) is 0 Å². The molecule has 1 aliphatic rings. The highest BCUT2D eigenvalue weighted by molar-refractivity contribution is 7.89. The molecule has 0 atom stereocenters. The van der Waals surface area contributed by atoms with E-state index in [4.69, 9.17) is 0 Å². The van der Waals surface area contributed by atoms with Crippen molar-refractivity contribution in [1.29, 1.82) is 0 Å². The summed E-state index contributed by atoms with van der Waals surface area (Å²) in [6, 6.07) is 10.1. The van der Waals surface area contributed by atoms with E-state index in [-0.39, 0.29) is 10.8 Å². The third-order valence-corrected chi connectivity index (χ3v) is 9.40. The Morgan fingerprint density at radius 1 is 0.969 bits per heavy atom. The average Bonchev–Trinajstić information content (AvgIpc) is 3.24. The Hall–Kier alpha value is -2.40. The van der Waals surface area contributed by atoms with E-state index in [1.54, 1.807) is 27.8 Å². The van der Waals surface area contributed by atoms with E-state index in [2.05, 4.69) is 15.3 Å². The summed E-state index contributed by atoms with van der Waals surface area (Å²) in [5.74, 6) is -0.325. The second-order valence-corrected chi connectivity index (χ2v) is 12.0. The first-order chi connectivity index (χ1) is 15.4. The Morgan fingerprint density at radius 2 is 1.69 bits per heavy atom. The minimum Gasteiger partial charge on any atom is -0.298 e. The number of hydrogen-bond acceptors (Lipinski definition) is 7. The van der Waals surface area contributed by atoms with Gasteiger partial charge in [-0.15, -0.1) is 11.3 Å². The van der Waals surface area contributed by atoms with Crippen molar-refractivity contribution >= 4 is 64.2 Å². The van der Waals surface area contributed by atoms with Gasteiger partial charge in [0.05, 0.1) is 24.8 Å². The maximum atomic E-state index is 12.9. The lowest BCUT2D eigenvalue weighted by Gasteiger charge is -2.20. The molecule has 4 aromatic rings. The number of anilines is 1. The first-order valence-electron chi connectivity index (χ1n) is 10.5. The molecule has 166 valence electrons. The first-order valence-corrected chi connectivity index (χ1v) is 13.6. The number of aryl methyl sites for hydroxylation is 1. The van der Waals surface area contributed by atoms with Gasteiger partial charge in [-0.05, 0) is 56.2 Å². The third-order valence-electron chi connectivity index (χ3n) is 5.56. The molecule has 0 saturated carbocycles. The molecule has 2 aromatic heterocycles. The molecular formula is C22H22N4O3S3. The zero-order valence-corrected chi connectivity index (χ0v) is 19.9. The smallest absolute Gasteiger partial charge is 0.257 e. The highest BCUT2D eigenvalue weighted by Crippen LogP contribution is 2.34. The number of aromatic nitrogens is 2. The number of benzene rings is 2. The second kappa shape index (κ2) is 8.51. The van der Waals surface area contributed by atoms with Crippen molar-refractivity contribution in [2.45, 2.75) is 37.5 Å². The minimum atomic E-state index is -3.54. The summed E-state index contributed by atoms with van der Waals surface area (Å²) in [6.45, 7) is 3.07. The van der Waals surface area contributed by atoms with E-state index in [1.807, 2.05) is 19.1 Å². The van der Waals surface area contributed by atoms with Crippen LogP contribution in [0.5, 0.6) is 0 Å². The van der Waals surface area contributed by atoms with E-state index in [0.29, 0.717) is 23.8 Å². The van der Waals surface area contributed by atoms with Crippen molar-refractivity contribution in [3.8, 4) is 0 Å². The van der Waals surface area contributed by atoms with E-state index < -0.39 is 10.0 Å². The summed E-state index contributed by atoms with van der Waals surface area (Å²) in [5, 5.41) is 4.31. The number of fused-ring (bicyclic) bond motifs is 3. The van der Waals surface area contributed by atoms with Crippen molar-refractivity contribution < 1.29 is 13.2 Å². The molecule has 32 heavy (non-hydrogen) atoms. The maximum absolute atomic E-state index is 12.9. The highest BCUT2D eigenvalue weighted by atomic mass is 32.2. The molecule has 1 fully saturated rings. The van der Waals surface area contributed by atoms with Crippen LogP contribution in [0.4, 0.5) is 5.13 Å². The molecule has 1 aliphatic heterocycles. The molecule has 1 saturated heterocycles. The van der Waals surface area contributed by atoms with Gasteiger partial charge in [0.1, 0.15) is 5.52 Å². The van der Waals surface area contributed by atoms with Crippen LogP contribution in [0.2, 0.25) is 0 Å². The number of nitrogens with zero attached hydrogens (tertiary/aromatic N) is 3. The van der Waals surface area contributed by atoms with Gasteiger partial charge in [-0.2, -0.15) is 4.31 Å². The number of nitrogens with one attached hydrogen (secondary N) is 1. The molecule has 0 bridgehead atoms. The Kier molecular flexibility index (Phi) is 5.70. The topological polar surface area (TPSA) is 92.3 Å². The van der Waals surface area contributed by atoms with Gasteiger partial charge >= 0.3 is 0 Å². The van der Waals surface area contributed by atoms with E-state index >= 15 is 0 Å². The van der Waals surface area contributed by atoms with Crippen LogP contribution >= 0.6 is 22.7 Å². The summed E-state index contributed by atoms with van der Waals surface area (Å²) in [4.78, 5) is 22.1. The van der Waals surface area contributed by atoms with Crippen LogP contribution in [-0.2, 0) is 10.0 Å². The van der Waals surface area contributed by atoms with Crippen LogP contribution < -0.4 is 5.32 Å². The summed E-state index contributed by atoms with van der Waals surface area (Å²) in [6.07, 6.45) is 3.89. The summed E-state index contributed by atoms with van der Waals surface area (Å²) in [5.41, 5.74) is 2.08. The number of thiazole rings is 2. The van der Waals surface area contributed by atoms with E-state index in [0.717, 1.165) is 51.1 Å². The predicted octanol–water partition coefficient (Wildman–Crippen LogP) is 5.03. The lowest BCUT2D eigenvalue weighted by atomic mass is 10.2. The zero-order valence-electron chi connectivity index (χ0n) is 17.5. The average molecular weight is 487 g/mol. The molecule has 0 aliphatic carbocycles. The fourth-order valence-corrected chi connectivity index (χ4v) is 7.29. The molecule has 10 heteroatoms. The lowest BCUT2D eigenvalue weighted by molar-refractivity contribution is 0.102. The summed E-state index contributed by atoms with van der Waals surface area (Å²) in [7, 11) is -3.54. The molecule has 7 nitrogen and oxygen atoms in total. The Labute approximate surface area is 194 Å². The SMILES string of the molecule is Cc1nc2c(ccc3nc(NC(=O)c4ccc(S(=O)(=O)N5CCCCCC5)cc4)sc32)s1. The fraction of sp³-hybridized carbons (Fsp3) is 0.318. The van der Waals surface area contributed by atoms with Gasteiger partial charge in [0.25, 0.3) is 5.91 Å². The molecular weight excluding hydrogens is 464 g/mol. The number of carbonyl (C=O) groups is 1. The summed E-state index contributed by atoms with van der Waals surface area (Å²) < 4.78 is 29.5. The van der Waals surface area contributed by atoms with E-state index in [1.165, 1.54) is 23.5 Å². The number of amides is 1. The first kappa shape index (κ1) is 21.4. The van der Waals surface area contributed by atoms with Gasteiger partial charge in [0.2, 0.25) is 10.0 Å². The van der Waals surface area contributed by atoms with Crippen molar-refractivity contribution in [3.05, 3.63) is 47.0 Å². The number of rotatable bonds is 4. The monoisotopic (exact) mass is 486 g/mol. The minimum absolute atomic E-state index is 0.220. The quantitative estimate of drug-likeness (QED) is 0.437. The molecule has 2 aromatic carbocycles. The van der Waals surface area contributed by atoms with Gasteiger partial charge in [-0.3, -0.25) is 10.1 Å². The zero-order chi connectivity index (χ0) is 22.3. The molecule has 5 rings (SSSR count). The van der Waals surface area contributed by atoms with Crippen molar-refractivity contribution in [2.24, 2.45) is 0 Å². The van der Waals surface area contributed by atoms with Gasteiger partial charge in [-0.25, -0.2) is 18.4 Å². The number of carbonyl (C=O) groups excluding carboxylic acids is 1. The fourth-order valence-electron chi connectivity index (χ4n) is 3.92. The van der Waals surface area contributed by atoms with Crippen LogP contribution in [0, 0.1) is 6.92 Å². The molecule has 0 spiro atoms. The normalized spacial score (nSPS) is 15.8. The van der Waals surface area contributed by atoms with E-state index in [9.17, 15) is 13.2 Å². The lowest BCUT2D eigenvalue weighted by Crippen LogP contribution is -2.31. The largest absolute Gasteiger partial charge is 0.298 e. The third kappa shape index (κ3) is 4.03. The molecule has 3 heterocycles. The second-order valence-electron chi connectivity index (χ2n) is 7.81. The molecule has 0 unspecified atom stereocenters. The molecule has 1 N–H and O–H groups in total. The molecule has 0 radical (unpaired) electrons. The Balaban J connectivity index is 1.35. The van der Waals surface area contributed by atoms with Gasteiger partial charge < -0.3 is 0 Å². The highest BCUT2D eigenvalue weighted by Gasteiger charge is 2.25. The van der Waals surface area contributed by atoms with Crippen molar-refractivity contribution in [1.82, 2.24) is 14.3 Å². The Morgan fingerprint density at radius 3 is 2.41 bits per heavy atom. The van der Waals surface area contributed by atoms with Gasteiger partial charge in [-0.1, -0.05) is 24.2 Å². The Bertz CT molecular complexity index is 1400. The van der Waals surface area contributed by atoms with Crippen LogP contribution in [0.3, 0.4) is 0 Å².